The molecule has 0 N–H and O–H groups in total. The first-order valence-electron chi connectivity index (χ1n) is 9.21. The minimum Gasteiger partial charge on any atom is -0.453 e. The van der Waals surface area contributed by atoms with Gasteiger partial charge < -0.3 is 9.47 Å². The quantitative estimate of drug-likeness (QED) is 0.605. The molecule has 0 radical (unpaired) electrons. The second-order valence-electron chi connectivity index (χ2n) is 6.62. The highest BCUT2D eigenvalue weighted by atomic mass is 16.5. The van der Waals surface area contributed by atoms with Crippen LogP contribution in [0.25, 0.3) is 11.3 Å². The lowest BCUT2D eigenvalue weighted by atomic mass is 10.1. The molecule has 140 valence electrons. The molecule has 0 aliphatic carbocycles. The molecule has 1 aliphatic heterocycles. The van der Waals surface area contributed by atoms with E-state index in [2.05, 4.69) is 6.07 Å². The summed E-state index contributed by atoms with van der Waals surface area (Å²) >= 11 is 0. The number of carbonyl (C=O) groups excluding carboxylic acids is 1. The summed E-state index contributed by atoms with van der Waals surface area (Å²) in [5, 5.41) is 13.7. The van der Waals surface area contributed by atoms with E-state index in [1.54, 1.807) is 41.1 Å². The third kappa shape index (κ3) is 3.80. The van der Waals surface area contributed by atoms with Crippen LogP contribution < -0.4 is 4.74 Å². The van der Waals surface area contributed by atoms with Gasteiger partial charge in [-0.3, -0.25) is 4.79 Å². The van der Waals surface area contributed by atoms with Crippen molar-refractivity contribution in [3.63, 3.8) is 0 Å². The van der Waals surface area contributed by atoms with Crippen LogP contribution in [0, 0.1) is 11.3 Å². The van der Waals surface area contributed by atoms with Crippen molar-refractivity contribution in [2.45, 2.75) is 25.5 Å². The monoisotopic (exact) mass is 373 g/mol. The van der Waals surface area contributed by atoms with Crippen LogP contribution in [0.3, 0.4) is 0 Å². The van der Waals surface area contributed by atoms with E-state index in [1.807, 2.05) is 18.3 Å². The Kier molecular flexibility index (Phi) is 5.18. The summed E-state index contributed by atoms with van der Waals surface area (Å²) in [7, 11) is 0. The Hall–Kier alpha value is -3.43. The minimum absolute atomic E-state index is 0.125. The number of ether oxygens (including phenoxy) is 2. The average molecular weight is 373 g/mol. The zero-order chi connectivity index (χ0) is 19.3. The van der Waals surface area contributed by atoms with Crippen molar-refractivity contribution in [3.05, 3.63) is 65.9 Å². The van der Waals surface area contributed by atoms with Crippen LogP contribution in [0.4, 0.5) is 0 Å². The van der Waals surface area contributed by atoms with Gasteiger partial charge in [0.1, 0.15) is 24.0 Å². The molecule has 0 amide bonds. The van der Waals surface area contributed by atoms with Gasteiger partial charge in [0, 0.05) is 17.7 Å². The number of carbonyl (C=O) groups is 1. The van der Waals surface area contributed by atoms with E-state index in [4.69, 9.17) is 19.8 Å². The van der Waals surface area contributed by atoms with Gasteiger partial charge in [-0.25, -0.2) is 4.68 Å². The van der Waals surface area contributed by atoms with E-state index >= 15 is 0 Å². The first kappa shape index (κ1) is 18.0. The van der Waals surface area contributed by atoms with E-state index < -0.39 is 0 Å². The summed E-state index contributed by atoms with van der Waals surface area (Å²) in [6.07, 6.45) is 5.56. The molecule has 0 bridgehead atoms. The summed E-state index contributed by atoms with van der Waals surface area (Å²) < 4.78 is 13.7. The van der Waals surface area contributed by atoms with Crippen LogP contribution >= 0.6 is 0 Å². The van der Waals surface area contributed by atoms with Crippen LogP contribution in [0.5, 0.6) is 11.5 Å². The molecule has 0 saturated carbocycles. The van der Waals surface area contributed by atoms with Crippen molar-refractivity contribution in [1.82, 2.24) is 9.78 Å². The number of aromatic nitrogens is 2. The molecule has 3 aromatic rings. The van der Waals surface area contributed by atoms with E-state index in [9.17, 15) is 4.79 Å². The largest absolute Gasteiger partial charge is 0.453 e. The first-order chi connectivity index (χ1) is 13.8. The second-order valence-corrected chi connectivity index (χ2v) is 6.62. The molecule has 1 unspecified atom stereocenters. The number of hydrogen-bond acceptors (Lipinski definition) is 5. The number of nitriles is 1. The Morgan fingerprint density at radius 2 is 2.07 bits per heavy atom. The molecule has 2 aromatic carbocycles. The number of aldehydes is 1. The van der Waals surface area contributed by atoms with Crippen molar-refractivity contribution in [3.8, 4) is 28.8 Å². The zero-order valence-electron chi connectivity index (χ0n) is 15.2. The Morgan fingerprint density at radius 1 is 1.21 bits per heavy atom. The van der Waals surface area contributed by atoms with Gasteiger partial charge in [-0.05, 0) is 49.6 Å². The van der Waals surface area contributed by atoms with Crippen molar-refractivity contribution in [1.29, 1.82) is 5.26 Å². The minimum atomic E-state index is -0.125. The van der Waals surface area contributed by atoms with E-state index in [1.165, 1.54) is 0 Å². The van der Waals surface area contributed by atoms with Crippen LogP contribution in [0.15, 0.2) is 54.7 Å². The molecule has 28 heavy (non-hydrogen) atoms. The molecule has 0 spiro atoms. The Balaban J connectivity index is 1.72. The lowest BCUT2D eigenvalue weighted by molar-refractivity contribution is -0.0394. The highest BCUT2D eigenvalue weighted by molar-refractivity contribution is 5.79. The maximum atomic E-state index is 11.2. The third-order valence-electron chi connectivity index (χ3n) is 4.66. The van der Waals surface area contributed by atoms with Crippen LogP contribution in [-0.2, 0) is 4.74 Å². The fraction of sp³-hybridized carbons (Fsp3) is 0.227. The standard InChI is InChI=1S/C22H19N3O3/c23-13-16-7-9-19(10-8-16)28-20-14-25(21-6-1-2-11-27-21)24-22(20)18-5-3-4-17(12-18)15-26/h3-5,7-10,12,14-15,21H,1-2,6,11H2. The van der Waals surface area contributed by atoms with Crippen LogP contribution in [0.2, 0.25) is 0 Å². The maximum absolute atomic E-state index is 11.2. The third-order valence-corrected chi connectivity index (χ3v) is 4.66. The molecule has 1 atom stereocenters. The first-order valence-corrected chi connectivity index (χ1v) is 9.21. The molecule has 6 nitrogen and oxygen atoms in total. The van der Waals surface area contributed by atoms with Gasteiger partial charge in [-0.2, -0.15) is 10.4 Å². The van der Waals surface area contributed by atoms with Gasteiger partial charge in [0.2, 0.25) is 0 Å². The van der Waals surface area contributed by atoms with Gasteiger partial charge in [0.25, 0.3) is 0 Å². The molecular formula is C22H19N3O3. The summed E-state index contributed by atoms with van der Waals surface area (Å²) in [4.78, 5) is 11.2. The summed E-state index contributed by atoms with van der Waals surface area (Å²) in [6.45, 7) is 0.715. The van der Waals surface area contributed by atoms with E-state index in [0.717, 1.165) is 31.1 Å². The number of hydrogen-bond donors (Lipinski definition) is 0. The zero-order valence-corrected chi connectivity index (χ0v) is 15.2. The van der Waals surface area contributed by atoms with Gasteiger partial charge in [-0.1, -0.05) is 18.2 Å². The topological polar surface area (TPSA) is 77.1 Å². The Labute approximate surface area is 162 Å². The van der Waals surface area contributed by atoms with Crippen molar-refractivity contribution < 1.29 is 14.3 Å². The predicted molar refractivity (Wildman–Crippen MR) is 103 cm³/mol. The van der Waals surface area contributed by atoms with Gasteiger partial charge >= 0.3 is 0 Å². The smallest absolute Gasteiger partial charge is 0.173 e. The van der Waals surface area contributed by atoms with Gasteiger partial charge in [0.05, 0.1) is 17.8 Å². The highest BCUT2D eigenvalue weighted by Crippen LogP contribution is 2.35. The summed E-state index contributed by atoms with van der Waals surface area (Å²) in [6, 6.07) is 16.3. The van der Waals surface area contributed by atoms with Crippen molar-refractivity contribution >= 4 is 6.29 Å². The molecule has 4 rings (SSSR count). The maximum Gasteiger partial charge on any atom is 0.173 e. The molecule has 1 fully saturated rings. The van der Waals surface area contributed by atoms with Crippen molar-refractivity contribution in [2.24, 2.45) is 0 Å². The van der Waals surface area contributed by atoms with Gasteiger partial charge in [-0.15, -0.1) is 0 Å². The molecule has 1 aromatic heterocycles. The van der Waals surface area contributed by atoms with Crippen LogP contribution in [-0.4, -0.2) is 22.7 Å². The van der Waals surface area contributed by atoms with Crippen LogP contribution in [0.1, 0.15) is 41.4 Å². The van der Waals surface area contributed by atoms with E-state index in [-0.39, 0.29) is 6.23 Å². The predicted octanol–water partition coefficient (Wildman–Crippen LogP) is 4.73. The molecule has 1 saturated heterocycles. The van der Waals surface area contributed by atoms with Gasteiger partial charge in [0.15, 0.2) is 5.75 Å². The SMILES string of the molecule is N#Cc1ccc(Oc2cn(C3CCCCO3)nc2-c2cccc(C=O)c2)cc1. The lowest BCUT2D eigenvalue weighted by Crippen LogP contribution is -2.18. The number of benzene rings is 2. The Bertz CT molecular complexity index is 1010. The molecule has 2 heterocycles. The van der Waals surface area contributed by atoms with E-state index in [0.29, 0.717) is 34.9 Å². The lowest BCUT2D eigenvalue weighted by Gasteiger charge is -2.22. The van der Waals surface area contributed by atoms with Crippen molar-refractivity contribution in [2.75, 3.05) is 6.61 Å². The highest BCUT2D eigenvalue weighted by Gasteiger charge is 2.21. The normalized spacial score (nSPS) is 16.3. The fourth-order valence-electron chi connectivity index (χ4n) is 3.21. The molecular weight excluding hydrogens is 354 g/mol. The molecule has 1 aliphatic rings. The number of nitrogens with zero attached hydrogens (tertiary/aromatic N) is 3. The molecule has 6 heteroatoms. The Morgan fingerprint density at radius 3 is 2.79 bits per heavy atom. The second kappa shape index (κ2) is 8.07. The average Bonchev–Trinajstić information content (AvgIpc) is 3.19. The number of rotatable bonds is 5. The summed E-state index contributed by atoms with van der Waals surface area (Å²) in [5.41, 5.74) is 2.58. The fourth-order valence-corrected chi connectivity index (χ4v) is 3.21. The summed E-state index contributed by atoms with van der Waals surface area (Å²) in [5.74, 6) is 1.18.